The van der Waals surface area contributed by atoms with Gasteiger partial charge in [-0.2, -0.15) is 5.26 Å². The van der Waals surface area contributed by atoms with Gasteiger partial charge in [0.05, 0.1) is 11.6 Å². The molecule has 1 aliphatic heterocycles. The fourth-order valence-electron chi connectivity index (χ4n) is 2.46. The number of likely N-dealkylation sites (tertiary alicyclic amines) is 1. The van der Waals surface area contributed by atoms with Gasteiger partial charge in [0.25, 0.3) is 0 Å². The van der Waals surface area contributed by atoms with Crippen molar-refractivity contribution in [2.45, 2.75) is 19.4 Å². The zero-order valence-corrected chi connectivity index (χ0v) is 10.5. The molecule has 1 unspecified atom stereocenters. The first-order valence-electron chi connectivity index (χ1n) is 6.21. The number of halogens is 1. The van der Waals surface area contributed by atoms with Gasteiger partial charge in [-0.3, -0.25) is 9.69 Å². The highest BCUT2D eigenvalue weighted by atomic mass is 19.1. The molecule has 0 aromatic heterocycles. The van der Waals surface area contributed by atoms with Crippen molar-refractivity contribution in [2.75, 3.05) is 13.1 Å². The third kappa shape index (κ3) is 3.52. The lowest BCUT2D eigenvalue weighted by atomic mass is 10.1. The standard InChI is InChI=1S/C14H15FN2O2/c15-13-5-10(7-16)1-2-12(13)9-17-4-3-11(8-17)6-14(18)19/h1-2,5,11H,3-4,6,8-9H2,(H,18,19). The molecule has 1 aliphatic rings. The minimum Gasteiger partial charge on any atom is -0.481 e. The molecule has 0 amide bonds. The minimum atomic E-state index is -0.781. The Hall–Kier alpha value is -1.93. The van der Waals surface area contributed by atoms with Gasteiger partial charge in [0.15, 0.2) is 0 Å². The van der Waals surface area contributed by atoms with Gasteiger partial charge in [-0.05, 0) is 31.0 Å². The first-order chi connectivity index (χ1) is 9.08. The molecule has 1 heterocycles. The van der Waals surface area contributed by atoms with Crippen LogP contribution in [0.4, 0.5) is 4.39 Å². The third-order valence-electron chi connectivity index (χ3n) is 3.41. The molecule has 19 heavy (non-hydrogen) atoms. The van der Waals surface area contributed by atoms with Crippen molar-refractivity contribution in [3.05, 3.63) is 35.1 Å². The molecule has 1 aromatic rings. The first-order valence-corrected chi connectivity index (χ1v) is 6.21. The van der Waals surface area contributed by atoms with E-state index in [0.29, 0.717) is 24.2 Å². The molecule has 1 atom stereocenters. The number of benzene rings is 1. The molecule has 0 spiro atoms. The van der Waals surface area contributed by atoms with E-state index in [4.69, 9.17) is 10.4 Å². The Bertz CT molecular complexity index is 525. The van der Waals surface area contributed by atoms with Crippen LogP contribution in [0, 0.1) is 23.1 Å². The summed E-state index contributed by atoms with van der Waals surface area (Å²) in [6, 6.07) is 6.36. The number of carboxylic acids is 1. The average molecular weight is 262 g/mol. The zero-order chi connectivity index (χ0) is 13.8. The Morgan fingerprint density at radius 3 is 3.00 bits per heavy atom. The lowest BCUT2D eigenvalue weighted by Gasteiger charge is -2.16. The lowest BCUT2D eigenvalue weighted by molar-refractivity contribution is -0.138. The van der Waals surface area contributed by atoms with Crippen molar-refractivity contribution in [2.24, 2.45) is 5.92 Å². The van der Waals surface area contributed by atoms with E-state index >= 15 is 0 Å². The van der Waals surface area contributed by atoms with Crippen molar-refractivity contribution in [1.29, 1.82) is 5.26 Å². The van der Waals surface area contributed by atoms with Crippen LogP contribution in [-0.4, -0.2) is 29.1 Å². The van der Waals surface area contributed by atoms with Crippen molar-refractivity contribution >= 4 is 5.97 Å². The molecule has 100 valence electrons. The number of aliphatic carboxylic acids is 1. The molecular weight excluding hydrogens is 247 g/mol. The summed E-state index contributed by atoms with van der Waals surface area (Å²) < 4.78 is 13.7. The van der Waals surface area contributed by atoms with Gasteiger partial charge in [-0.15, -0.1) is 0 Å². The second kappa shape index (κ2) is 5.81. The normalized spacial score (nSPS) is 19.3. The summed E-state index contributed by atoms with van der Waals surface area (Å²) in [6.07, 6.45) is 1.01. The molecule has 0 aliphatic carbocycles. The summed E-state index contributed by atoms with van der Waals surface area (Å²) in [7, 11) is 0. The van der Waals surface area contributed by atoms with Gasteiger partial charge in [0.1, 0.15) is 5.82 Å². The van der Waals surface area contributed by atoms with E-state index in [0.717, 1.165) is 13.0 Å². The van der Waals surface area contributed by atoms with E-state index in [-0.39, 0.29) is 18.2 Å². The van der Waals surface area contributed by atoms with Gasteiger partial charge in [-0.25, -0.2) is 4.39 Å². The molecule has 1 aromatic carbocycles. The maximum absolute atomic E-state index is 13.7. The van der Waals surface area contributed by atoms with Crippen LogP contribution in [0.25, 0.3) is 0 Å². The van der Waals surface area contributed by atoms with Gasteiger partial charge in [0, 0.05) is 25.1 Å². The molecule has 1 N–H and O–H groups in total. The Morgan fingerprint density at radius 2 is 2.37 bits per heavy atom. The summed E-state index contributed by atoms with van der Waals surface area (Å²) >= 11 is 0. The molecule has 1 fully saturated rings. The highest BCUT2D eigenvalue weighted by Crippen LogP contribution is 2.22. The maximum Gasteiger partial charge on any atom is 0.303 e. The number of nitrogens with zero attached hydrogens (tertiary/aromatic N) is 2. The second-order valence-electron chi connectivity index (χ2n) is 4.91. The van der Waals surface area contributed by atoms with Gasteiger partial charge in [-0.1, -0.05) is 6.07 Å². The average Bonchev–Trinajstić information content (AvgIpc) is 2.78. The van der Waals surface area contributed by atoms with E-state index in [9.17, 15) is 9.18 Å². The minimum absolute atomic E-state index is 0.152. The molecule has 0 radical (unpaired) electrons. The van der Waals surface area contributed by atoms with Crippen molar-refractivity contribution in [1.82, 2.24) is 4.90 Å². The highest BCUT2D eigenvalue weighted by molar-refractivity contribution is 5.67. The van der Waals surface area contributed by atoms with Gasteiger partial charge >= 0.3 is 5.97 Å². The number of rotatable bonds is 4. The summed E-state index contributed by atoms with van der Waals surface area (Å²) in [4.78, 5) is 12.7. The number of hydrogen-bond acceptors (Lipinski definition) is 3. The predicted molar refractivity (Wildman–Crippen MR) is 66.8 cm³/mol. The zero-order valence-electron chi connectivity index (χ0n) is 10.5. The van der Waals surface area contributed by atoms with E-state index in [1.165, 1.54) is 6.07 Å². The van der Waals surface area contributed by atoms with Crippen LogP contribution in [0.15, 0.2) is 18.2 Å². The number of nitriles is 1. The molecule has 0 saturated carbocycles. The molecule has 5 heteroatoms. The SMILES string of the molecule is N#Cc1ccc(CN2CCC(CC(=O)O)C2)c(F)c1. The van der Waals surface area contributed by atoms with Gasteiger partial charge < -0.3 is 5.11 Å². The lowest BCUT2D eigenvalue weighted by Crippen LogP contribution is -2.21. The summed E-state index contributed by atoms with van der Waals surface area (Å²) in [5.74, 6) is -1.00. The Labute approximate surface area is 111 Å². The van der Waals surface area contributed by atoms with Gasteiger partial charge in [0.2, 0.25) is 0 Å². The maximum atomic E-state index is 13.7. The van der Waals surface area contributed by atoms with Crippen molar-refractivity contribution in [3.63, 3.8) is 0 Å². The van der Waals surface area contributed by atoms with Crippen LogP contribution >= 0.6 is 0 Å². The quantitative estimate of drug-likeness (QED) is 0.901. The van der Waals surface area contributed by atoms with Crippen LogP contribution in [0.1, 0.15) is 24.0 Å². The summed E-state index contributed by atoms with van der Waals surface area (Å²) in [5, 5.41) is 17.4. The molecule has 2 rings (SSSR count). The number of hydrogen-bond donors (Lipinski definition) is 1. The number of carboxylic acid groups (broad SMARTS) is 1. The van der Waals surface area contributed by atoms with Crippen LogP contribution in [0.3, 0.4) is 0 Å². The largest absolute Gasteiger partial charge is 0.481 e. The Morgan fingerprint density at radius 1 is 1.58 bits per heavy atom. The monoisotopic (exact) mass is 262 g/mol. The molecular formula is C14H15FN2O2. The highest BCUT2D eigenvalue weighted by Gasteiger charge is 2.24. The van der Waals surface area contributed by atoms with Crippen LogP contribution in [0.5, 0.6) is 0 Å². The van der Waals surface area contributed by atoms with Crippen molar-refractivity contribution in [3.8, 4) is 6.07 Å². The first kappa shape index (κ1) is 13.5. The Balaban J connectivity index is 1.96. The second-order valence-corrected chi connectivity index (χ2v) is 4.91. The topological polar surface area (TPSA) is 64.3 Å². The van der Waals surface area contributed by atoms with Crippen LogP contribution < -0.4 is 0 Å². The Kier molecular flexibility index (Phi) is 4.13. The van der Waals surface area contributed by atoms with E-state index in [1.54, 1.807) is 12.1 Å². The fourth-order valence-corrected chi connectivity index (χ4v) is 2.46. The van der Waals surface area contributed by atoms with E-state index in [2.05, 4.69) is 4.90 Å². The smallest absolute Gasteiger partial charge is 0.303 e. The molecule has 1 saturated heterocycles. The van der Waals surface area contributed by atoms with Crippen LogP contribution in [0.2, 0.25) is 0 Å². The predicted octanol–water partition coefficient (Wildman–Crippen LogP) is 1.99. The fraction of sp³-hybridized carbons (Fsp3) is 0.429. The molecule has 0 bridgehead atoms. The number of carbonyl (C=O) groups is 1. The third-order valence-corrected chi connectivity index (χ3v) is 3.41. The van der Waals surface area contributed by atoms with Crippen LogP contribution in [-0.2, 0) is 11.3 Å². The molecule has 4 nitrogen and oxygen atoms in total. The summed E-state index contributed by atoms with van der Waals surface area (Å²) in [6.45, 7) is 1.94. The van der Waals surface area contributed by atoms with E-state index < -0.39 is 5.97 Å². The summed E-state index contributed by atoms with van der Waals surface area (Å²) in [5.41, 5.74) is 0.862. The van der Waals surface area contributed by atoms with E-state index in [1.807, 2.05) is 6.07 Å². The van der Waals surface area contributed by atoms with Crippen molar-refractivity contribution < 1.29 is 14.3 Å².